The maximum atomic E-state index is 11.9. The minimum atomic E-state index is -0.866. The third-order valence-electron chi connectivity index (χ3n) is 1.89. The van der Waals surface area contributed by atoms with Crippen LogP contribution in [0.15, 0.2) is 0 Å². The molecule has 0 radical (unpaired) electrons. The average molecular weight is 310 g/mol. The van der Waals surface area contributed by atoms with E-state index < -0.39 is 22.2 Å². The molecule has 0 unspecified atom stereocenters. The predicted octanol–water partition coefficient (Wildman–Crippen LogP) is 0.334. The van der Waals surface area contributed by atoms with Crippen LogP contribution in [0.1, 0.15) is 13.8 Å². The summed E-state index contributed by atoms with van der Waals surface area (Å²) >= 11 is 3.17. The Balaban J connectivity index is 4.79. The van der Waals surface area contributed by atoms with Gasteiger partial charge in [-0.1, -0.05) is 15.9 Å². The minimum absolute atomic E-state index is 0.292. The van der Waals surface area contributed by atoms with Crippen molar-refractivity contribution < 1.29 is 23.9 Å². The van der Waals surface area contributed by atoms with Crippen molar-refractivity contribution in [3.05, 3.63) is 0 Å². The number of halogens is 1. The minimum Gasteiger partial charge on any atom is -0.468 e. The highest BCUT2D eigenvalue weighted by Gasteiger charge is 2.31. The van der Waals surface area contributed by atoms with E-state index in [2.05, 4.69) is 25.4 Å². The van der Waals surface area contributed by atoms with Crippen LogP contribution in [0.5, 0.6) is 0 Å². The van der Waals surface area contributed by atoms with E-state index in [4.69, 9.17) is 0 Å². The van der Waals surface area contributed by atoms with E-state index in [9.17, 15) is 14.4 Å². The Labute approximate surface area is 108 Å². The highest BCUT2D eigenvalue weighted by atomic mass is 79.9. The van der Waals surface area contributed by atoms with Gasteiger partial charge in [-0.25, -0.2) is 0 Å². The van der Waals surface area contributed by atoms with Gasteiger partial charge < -0.3 is 14.4 Å². The molecule has 6 nitrogen and oxygen atoms in total. The SMILES string of the molecule is COC(=O)CN(CC(=O)OC)C(=O)C(C)(C)Br. The van der Waals surface area contributed by atoms with Crippen LogP contribution in [0, 0.1) is 0 Å². The fraction of sp³-hybridized carbons (Fsp3) is 0.700. The van der Waals surface area contributed by atoms with Gasteiger partial charge in [0, 0.05) is 0 Å². The first-order valence-corrected chi connectivity index (χ1v) is 5.63. The molecule has 0 saturated heterocycles. The Bertz CT molecular complexity index is 292. The summed E-state index contributed by atoms with van der Waals surface area (Å²) in [4.78, 5) is 35.3. The third-order valence-corrected chi connectivity index (χ3v) is 2.23. The lowest BCUT2D eigenvalue weighted by atomic mass is 10.2. The van der Waals surface area contributed by atoms with Gasteiger partial charge in [0.15, 0.2) is 0 Å². The number of ether oxygens (including phenoxy) is 2. The first kappa shape index (κ1) is 15.9. The lowest BCUT2D eigenvalue weighted by Gasteiger charge is -2.26. The molecule has 1 amide bonds. The molecule has 0 fully saturated rings. The van der Waals surface area contributed by atoms with E-state index in [1.807, 2.05) is 0 Å². The topological polar surface area (TPSA) is 72.9 Å². The Kier molecular flexibility index (Phi) is 6.15. The van der Waals surface area contributed by atoms with Gasteiger partial charge in [-0.2, -0.15) is 0 Å². The van der Waals surface area contributed by atoms with Crippen LogP contribution in [0.3, 0.4) is 0 Å². The van der Waals surface area contributed by atoms with Crippen molar-refractivity contribution >= 4 is 33.8 Å². The van der Waals surface area contributed by atoms with Crippen molar-refractivity contribution in [2.24, 2.45) is 0 Å². The Morgan fingerprint density at radius 3 is 1.65 bits per heavy atom. The predicted molar refractivity (Wildman–Crippen MR) is 63.6 cm³/mol. The summed E-state index contributed by atoms with van der Waals surface area (Å²) < 4.78 is 8.05. The molecule has 0 rings (SSSR count). The maximum absolute atomic E-state index is 11.9. The van der Waals surface area contributed by atoms with Gasteiger partial charge >= 0.3 is 11.9 Å². The van der Waals surface area contributed by atoms with Crippen molar-refractivity contribution in [1.29, 1.82) is 0 Å². The molecule has 0 saturated carbocycles. The molecule has 17 heavy (non-hydrogen) atoms. The van der Waals surface area contributed by atoms with Crippen LogP contribution < -0.4 is 0 Å². The summed E-state index contributed by atoms with van der Waals surface area (Å²) in [6.45, 7) is 2.66. The van der Waals surface area contributed by atoms with E-state index in [-0.39, 0.29) is 13.1 Å². The van der Waals surface area contributed by atoms with Gasteiger partial charge in [0.05, 0.1) is 18.5 Å². The molecule has 0 heterocycles. The number of hydrogen-bond acceptors (Lipinski definition) is 5. The highest BCUT2D eigenvalue weighted by molar-refractivity contribution is 9.10. The number of carbonyl (C=O) groups is 3. The summed E-state index contributed by atoms with van der Waals surface area (Å²) in [5, 5.41) is 0. The standard InChI is InChI=1S/C10H16BrNO5/c1-10(2,11)9(15)12(5-7(13)16-3)6-8(14)17-4/h5-6H2,1-4H3. The summed E-state index contributed by atoms with van der Waals surface area (Å²) in [5.41, 5.74) is 0. The lowest BCUT2D eigenvalue weighted by Crippen LogP contribution is -2.47. The zero-order valence-electron chi connectivity index (χ0n) is 10.3. The molecule has 0 aromatic carbocycles. The molecule has 0 aromatic heterocycles. The Morgan fingerprint density at radius 1 is 1.06 bits per heavy atom. The van der Waals surface area contributed by atoms with Gasteiger partial charge in [0.1, 0.15) is 13.1 Å². The molecule has 0 aliphatic heterocycles. The number of amides is 1. The van der Waals surface area contributed by atoms with Crippen molar-refractivity contribution in [2.45, 2.75) is 18.2 Å². The van der Waals surface area contributed by atoms with Crippen LogP contribution in [0.2, 0.25) is 0 Å². The molecule has 7 heteroatoms. The molecule has 0 atom stereocenters. The zero-order valence-corrected chi connectivity index (χ0v) is 11.9. The second-order valence-corrected chi connectivity index (χ2v) is 5.77. The third kappa shape index (κ3) is 5.67. The molecular weight excluding hydrogens is 294 g/mol. The number of carbonyl (C=O) groups excluding carboxylic acids is 3. The molecular formula is C10H16BrNO5. The summed E-state index contributed by atoms with van der Waals surface area (Å²) in [6.07, 6.45) is 0. The van der Waals surface area contributed by atoms with Crippen LogP contribution in [-0.4, -0.2) is 54.4 Å². The number of hydrogen-bond donors (Lipinski definition) is 0. The molecule has 0 bridgehead atoms. The van der Waals surface area contributed by atoms with Gasteiger partial charge in [-0.05, 0) is 13.8 Å². The maximum Gasteiger partial charge on any atom is 0.325 e. The molecule has 0 aliphatic rings. The van der Waals surface area contributed by atoms with Crippen molar-refractivity contribution in [1.82, 2.24) is 4.90 Å². The van der Waals surface area contributed by atoms with Crippen molar-refractivity contribution in [2.75, 3.05) is 27.3 Å². The monoisotopic (exact) mass is 309 g/mol. The van der Waals surface area contributed by atoms with E-state index in [1.54, 1.807) is 13.8 Å². The lowest BCUT2D eigenvalue weighted by molar-refractivity contribution is -0.152. The van der Waals surface area contributed by atoms with Crippen LogP contribution >= 0.6 is 15.9 Å². The molecule has 0 aromatic rings. The van der Waals surface area contributed by atoms with Gasteiger partial charge in [-0.15, -0.1) is 0 Å². The van der Waals surface area contributed by atoms with Crippen molar-refractivity contribution in [3.8, 4) is 0 Å². The summed E-state index contributed by atoms with van der Waals surface area (Å²) in [7, 11) is 2.42. The molecule has 0 spiro atoms. The van der Waals surface area contributed by atoms with E-state index in [0.29, 0.717) is 0 Å². The van der Waals surface area contributed by atoms with Crippen LogP contribution in [0.4, 0.5) is 0 Å². The number of methoxy groups -OCH3 is 2. The van der Waals surface area contributed by atoms with Crippen molar-refractivity contribution in [3.63, 3.8) is 0 Å². The van der Waals surface area contributed by atoms with E-state index >= 15 is 0 Å². The average Bonchev–Trinajstić information content (AvgIpc) is 2.25. The first-order valence-electron chi connectivity index (χ1n) is 4.84. The first-order chi connectivity index (χ1) is 7.72. The molecule has 0 N–H and O–H groups in total. The summed E-state index contributed by atoms with van der Waals surface area (Å²) in [6, 6.07) is 0. The normalized spacial score (nSPS) is 10.6. The number of nitrogens with zero attached hydrogens (tertiary/aromatic N) is 1. The number of alkyl halides is 1. The molecule has 0 aliphatic carbocycles. The van der Waals surface area contributed by atoms with E-state index in [0.717, 1.165) is 4.90 Å². The number of esters is 2. The largest absolute Gasteiger partial charge is 0.468 e. The fourth-order valence-electron chi connectivity index (χ4n) is 1.02. The Hall–Kier alpha value is -1.11. The quantitative estimate of drug-likeness (QED) is 0.541. The number of rotatable bonds is 5. The smallest absolute Gasteiger partial charge is 0.325 e. The second kappa shape index (κ2) is 6.58. The Morgan fingerprint density at radius 2 is 1.41 bits per heavy atom. The van der Waals surface area contributed by atoms with Crippen LogP contribution in [0.25, 0.3) is 0 Å². The summed E-state index contributed by atoms with van der Waals surface area (Å²) in [5.74, 6) is -1.59. The highest BCUT2D eigenvalue weighted by Crippen LogP contribution is 2.19. The molecule has 98 valence electrons. The van der Waals surface area contributed by atoms with Gasteiger partial charge in [0.25, 0.3) is 0 Å². The van der Waals surface area contributed by atoms with E-state index in [1.165, 1.54) is 14.2 Å². The second-order valence-electron chi connectivity index (χ2n) is 3.79. The fourth-order valence-corrected chi connectivity index (χ4v) is 1.27. The van der Waals surface area contributed by atoms with Gasteiger partial charge in [-0.3, -0.25) is 14.4 Å². The zero-order chi connectivity index (χ0) is 13.6. The van der Waals surface area contributed by atoms with Crippen LogP contribution in [-0.2, 0) is 23.9 Å². The van der Waals surface area contributed by atoms with Gasteiger partial charge in [0.2, 0.25) is 5.91 Å².